The molecule has 144 valence electrons. The van der Waals surface area contributed by atoms with E-state index < -0.39 is 0 Å². The average Bonchev–Trinajstić information content (AvgIpc) is 3.14. The Morgan fingerprint density at radius 3 is 2.69 bits per heavy atom. The average molecular weight is 472 g/mol. The number of rotatable bonds is 9. The minimum absolute atomic E-state index is 0. The maximum atomic E-state index is 5.98. The third-order valence-corrected chi connectivity index (χ3v) is 3.83. The van der Waals surface area contributed by atoms with Crippen LogP contribution in [0.2, 0.25) is 0 Å². The topological polar surface area (TPSA) is 71.7 Å². The lowest BCUT2D eigenvalue weighted by Crippen LogP contribution is -2.36. The van der Waals surface area contributed by atoms with E-state index in [0.717, 1.165) is 30.0 Å². The molecule has 0 atom stereocenters. The van der Waals surface area contributed by atoms with Gasteiger partial charge in [0.2, 0.25) is 0 Å². The van der Waals surface area contributed by atoms with E-state index in [1.54, 1.807) is 13.3 Å². The largest absolute Gasteiger partial charge is 0.493 e. The van der Waals surface area contributed by atoms with Crippen molar-refractivity contribution in [3.63, 3.8) is 0 Å². The van der Waals surface area contributed by atoms with Crippen molar-refractivity contribution in [2.75, 3.05) is 13.7 Å². The normalized spacial score (nSPS) is 11.0. The van der Waals surface area contributed by atoms with Crippen molar-refractivity contribution >= 4 is 29.9 Å². The van der Waals surface area contributed by atoms with Gasteiger partial charge in [0.25, 0.3) is 0 Å². The van der Waals surface area contributed by atoms with Crippen LogP contribution < -0.4 is 15.4 Å². The number of aliphatic imine (C=N–C) groups is 1. The molecule has 0 saturated carbocycles. The van der Waals surface area contributed by atoms with Gasteiger partial charge in [-0.3, -0.25) is 4.99 Å². The molecule has 0 aliphatic heterocycles. The van der Waals surface area contributed by atoms with Crippen molar-refractivity contribution in [3.05, 3.63) is 47.3 Å². The molecule has 0 radical (unpaired) electrons. The fourth-order valence-corrected chi connectivity index (χ4v) is 2.38. The molecule has 0 bridgehead atoms. The van der Waals surface area contributed by atoms with Crippen LogP contribution in [0.1, 0.15) is 43.0 Å². The van der Waals surface area contributed by atoms with Crippen LogP contribution in [0.25, 0.3) is 0 Å². The second-order valence-electron chi connectivity index (χ2n) is 5.94. The number of unbranched alkanes of at least 4 members (excludes halogenated alkanes) is 2. The van der Waals surface area contributed by atoms with Gasteiger partial charge in [-0.05, 0) is 25.0 Å². The third-order valence-electron chi connectivity index (χ3n) is 3.83. The van der Waals surface area contributed by atoms with Crippen LogP contribution in [0.3, 0.4) is 0 Å². The van der Waals surface area contributed by atoms with Gasteiger partial charge in [0.05, 0.1) is 13.2 Å². The molecule has 1 aromatic carbocycles. The standard InChI is InChI=1S/C19H28N4O2.HI/c1-4-5-6-10-24-18-12-15(2)7-8-16(18)13-21-19(20-3)22-14-17-9-11-25-23-17;/h7-9,11-12H,4-6,10,13-14H2,1-3H3,(H2,20,21,22);1H. The maximum absolute atomic E-state index is 5.98. The van der Waals surface area contributed by atoms with E-state index in [4.69, 9.17) is 9.26 Å². The molecule has 1 heterocycles. The number of halogens is 1. The molecule has 0 spiro atoms. The molecular weight excluding hydrogens is 443 g/mol. The molecule has 2 N–H and O–H groups in total. The number of aryl methyl sites for hydroxylation is 1. The first-order valence-corrected chi connectivity index (χ1v) is 8.79. The monoisotopic (exact) mass is 472 g/mol. The lowest BCUT2D eigenvalue weighted by molar-refractivity contribution is 0.303. The van der Waals surface area contributed by atoms with Crippen molar-refractivity contribution in [3.8, 4) is 5.75 Å². The Hall–Kier alpha value is -1.77. The summed E-state index contributed by atoms with van der Waals surface area (Å²) < 4.78 is 10.8. The molecule has 6 nitrogen and oxygen atoms in total. The zero-order valence-corrected chi connectivity index (χ0v) is 18.1. The number of nitrogens with zero attached hydrogens (tertiary/aromatic N) is 2. The predicted octanol–water partition coefficient (Wildman–Crippen LogP) is 4.04. The van der Waals surface area contributed by atoms with Gasteiger partial charge in [0.1, 0.15) is 17.7 Å². The van der Waals surface area contributed by atoms with E-state index in [1.807, 2.05) is 6.07 Å². The van der Waals surface area contributed by atoms with E-state index in [1.165, 1.54) is 18.4 Å². The maximum Gasteiger partial charge on any atom is 0.191 e. The number of ether oxygens (including phenoxy) is 1. The molecule has 0 aliphatic rings. The Balaban J connectivity index is 0.00000338. The lowest BCUT2D eigenvalue weighted by Gasteiger charge is -2.15. The highest BCUT2D eigenvalue weighted by Crippen LogP contribution is 2.20. The fraction of sp³-hybridized carbons (Fsp3) is 0.474. The third kappa shape index (κ3) is 7.63. The summed E-state index contributed by atoms with van der Waals surface area (Å²) in [6.07, 6.45) is 5.02. The molecule has 2 aromatic rings. The molecule has 1 aromatic heterocycles. The molecule has 0 unspecified atom stereocenters. The summed E-state index contributed by atoms with van der Waals surface area (Å²) in [7, 11) is 1.75. The first-order chi connectivity index (χ1) is 12.2. The minimum Gasteiger partial charge on any atom is -0.493 e. The van der Waals surface area contributed by atoms with Gasteiger partial charge in [-0.2, -0.15) is 0 Å². The highest BCUT2D eigenvalue weighted by atomic mass is 127. The van der Waals surface area contributed by atoms with Gasteiger partial charge in [-0.15, -0.1) is 24.0 Å². The smallest absolute Gasteiger partial charge is 0.191 e. The Labute approximate surface area is 172 Å². The van der Waals surface area contributed by atoms with Gasteiger partial charge in [-0.1, -0.05) is 37.1 Å². The Bertz CT molecular complexity index is 660. The van der Waals surface area contributed by atoms with Crippen LogP contribution in [0, 0.1) is 6.92 Å². The van der Waals surface area contributed by atoms with E-state index in [0.29, 0.717) is 19.0 Å². The van der Waals surface area contributed by atoms with Crippen LogP contribution in [0.15, 0.2) is 40.0 Å². The fourth-order valence-electron chi connectivity index (χ4n) is 2.38. The number of hydrogen-bond acceptors (Lipinski definition) is 4. The van der Waals surface area contributed by atoms with Crippen LogP contribution in [-0.4, -0.2) is 24.8 Å². The Morgan fingerprint density at radius 1 is 1.19 bits per heavy atom. The summed E-state index contributed by atoms with van der Waals surface area (Å²) >= 11 is 0. The van der Waals surface area contributed by atoms with Crippen molar-refractivity contribution in [1.29, 1.82) is 0 Å². The molecular formula is C19H29IN4O2. The zero-order chi connectivity index (χ0) is 17.9. The van der Waals surface area contributed by atoms with E-state index >= 15 is 0 Å². The van der Waals surface area contributed by atoms with E-state index in [9.17, 15) is 0 Å². The minimum atomic E-state index is 0. The van der Waals surface area contributed by atoms with Gasteiger partial charge in [0.15, 0.2) is 5.96 Å². The number of hydrogen-bond donors (Lipinski definition) is 2. The summed E-state index contributed by atoms with van der Waals surface area (Å²) in [6, 6.07) is 8.11. The van der Waals surface area contributed by atoms with Gasteiger partial charge in [-0.25, -0.2) is 0 Å². The van der Waals surface area contributed by atoms with Crippen LogP contribution >= 0.6 is 24.0 Å². The number of aromatic nitrogens is 1. The Morgan fingerprint density at radius 2 is 2.00 bits per heavy atom. The highest BCUT2D eigenvalue weighted by Gasteiger charge is 2.06. The van der Waals surface area contributed by atoms with Crippen molar-refractivity contribution in [2.45, 2.75) is 46.2 Å². The van der Waals surface area contributed by atoms with Gasteiger partial charge < -0.3 is 19.9 Å². The molecule has 0 aliphatic carbocycles. The Kier molecular flexibility index (Phi) is 10.8. The second kappa shape index (κ2) is 12.6. The van der Waals surface area contributed by atoms with Crippen LogP contribution in [-0.2, 0) is 13.1 Å². The quantitative estimate of drug-likeness (QED) is 0.250. The molecule has 0 amide bonds. The number of nitrogens with one attached hydrogen (secondary N) is 2. The van der Waals surface area contributed by atoms with E-state index in [2.05, 4.69) is 52.8 Å². The molecule has 0 fully saturated rings. The summed E-state index contributed by atoms with van der Waals surface area (Å²) in [4.78, 5) is 4.23. The van der Waals surface area contributed by atoms with Crippen molar-refractivity contribution in [2.24, 2.45) is 4.99 Å². The number of benzene rings is 1. The SMILES string of the molecule is CCCCCOc1cc(C)ccc1CNC(=NC)NCc1ccon1.I. The molecule has 7 heteroatoms. The first kappa shape index (κ1) is 22.3. The van der Waals surface area contributed by atoms with E-state index in [-0.39, 0.29) is 24.0 Å². The highest BCUT2D eigenvalue weighted by molar-refractivity contribution is 14.0. The molecule has 26 heavy (non-hydrogen) atoms. The number of guanidine groups is 1. The summed E-state index contributed by atoms with van der Waals surface area (Å²) in [5, 5.41) is 10.4. The summed E-state index contributed by atoms with van der Waals surface area (Å²) in [5.41, 5.74) is 3.15. The molecule has 2 rings (SSSR count). The van der Waals surface area contributed by atoms with Gasteiger partial charge in [0, 0.05) is 25.2 Å². The van der Waals surface area contributed by atoms with Crippen LogP contribution in [0.4, 0.5) is 0 Å². The van der Waals surface area contributed by atoms with Crippen molar-refractivity contribution < 1.29 is 9.26 Å². The predicted molar refractivity (Wildman–Crippen MR) is 115 cm³/mol. The van der Waals surface area contributed by atoms with Crippen LogP contribution in [0.5, 0.6) is 5.75 Å². The first-order valence-electron chi connectivity index (χ1n) is 8.79. The van der Waals surface area contributed by atoms with Crippen molar-refractivity contribution in [1.82, 2.24) is 15.8 Å². The second-order valence-corrected chi connectivity index (χ2v) is 5.94. The molecule has 0 saturated heterocycles. The lowest BCUT2D eigenvalue weighted by atomic mass is 10.1. The summed E-state index contributed by atoms with van der Waals surface area (Å²) in [6.45, 7) is 6.23. The summed E-state index contributed by atoms with van der Waals surface area (Å²) in [5.74, 6) is 1.65. The van der Waals surface area contributed by atoms with Gasteiger partial charge >= 0.3 is 0 Å². The zero-order valence-electron chi connectivity index (χ0n) is 15.7.